The molecular weight excluding hydrogens is 1890 g/mol. The Morgan fingerprint density at radius 2 is 0.455 bits per heavy atom. The number of fused-ring (bicyclic) bond motifs is 10. The molecule has 134 heavy (non-hydrogen) atoms. The first-order chi connectivity index (χ1) is 63.5. The smallest absolute Gasteiger partial charge is 0.380 e. The zero-order chi connectivity index (χ0) is 97.4. The number of carbonyl (C=O) groups is 22. The Bertz CT molecular complexity index is 5690. The molecule has 0 radical (unpaired) electrons. The van der Waals surface area contributed by atoms with E-state index >= 15 is 0 Å². The molecule has 6 aromatic carbocycles. The molecule has 14 atom stereocenters. The van der Waals surface area contributed by atoms with Gasteiger partial charge in [0.05, 0.1) is 53.4 Å². The normalized spacial score (nSPS) is 26.3. The lowest BCUT2D eigenvalue weighted by Gasteiger charge is -2.28. The van der Waals surface area contributed by atoms with Crippen molar-refractivity contribution in [2.45, 2.75) is 89.1 Å². The molecule has 0 aromatic heterocycles. The maximum atomic E-state index is 13.8. The van der Waals surface area contributed by atoms with Crippen molar-refractivity contribution in [3.05, 3.63) is 240 Å². The Kier molecular flexibility index (Phi) is 27.8. The quantitative estimate of drug-likeness (QED) is 0.0513. The molecule has 10 fully saturated rings. The lowest BCUT2D eigenvalue weighted by atomic mass is 9.73. The molecule has 6 N–H and O–H groups in total. The highest BCUT2D eigenvalue weighted by atomic mass is 35.5. The number of carbonyl (C=O) groups excluding carboxylic acids is 22. The SMILES string of the molecule is O=C(Cl)ON1C(=O)C(O)C(O)C1=O.O=C(Cl)ON1C(=O)C2C(C1=O)C1C=CC2S1(=O)=O.O=C(Cl)ON1C(=O)C2C3C=CC(C3)C2C1=O.O=C(Cl)ON1C(=O)CC(c2ccccc2)(c2ccccc2)C1=O.O=C(ON1C(=O)C(O)C(O)C1=O)ON1C(=O)C(O)C(O)C1=O.O=C(ON1C(=O)CC(c2ccccc2)(c2ccccc2)C1=O)ON1C(=O)CC(c2ccccc2)(c2ccccc2)C1=O. The third-order valence-corrected chi connectivity index (χ3v) is 25.5. The van der Waals surface area contributed by atoms with Gasteiger partial charge in [-0.05, 0) is 51.6 Å². The number of amides is 16. The van der Waals surface area contributed by atoms with Gasteiger partial charge in [-0.2, -0.15) is 9.59 Å². The Balaban J connectivity index is 0.000000143. The van der Waals surface area contributed by atoms with Crippen molar-refractivity contribution in [2.75, 3.05) is 0 Å². The average Bonchev–Trinajstić information content (AvgIpc) is 1.53. The van der Waals surface area contributed by atoms with E-state index in [0.717, 1.165) is 6.42 Å². The van der Waals surface area contributed by atoms with E-state index in [1.807, 2.05) is 24.3 Å². The molecule has 16 amide bonds. The van der Waals surface area contributed by atoms with Gasteiger partial charge in [-0.1, -0.05) is 232 Å². The summed E-state index contributed by atoms with van der Waals surface area (Å²) in [6.07, 6.45) is -9.14. The zero-order valence-corrected chi connectivity index (χ0v) is 71.1. The predicted molar refractivity (Wildman–Crippen MR) is 431 cm³/mol. The van der Waals surface area contributed by atoms with Crippen LogP contribution in [0.15, 0.2) is 206 Å². The first kappa shape index (κ1) is 96.8. The van der Waals surface area contributed by atoms with Crippen molar-refractivity contribution in [3.63, 3.8) is 0 Å². The summed E-state index contributed by atoms with van der Waals surface area (Å²) >= 11 is 19.8. The summed E-state index contributed by atoms with van der Waals surface area (Å²) in [5.74, 6) is -17.9. The van der Waals surface area contributed by atoms with Crippen LogP contribution in [0, 0.1) is 35.5 Å². The minimum atomic E-state index is -3.52. The highest BCUT2D eigenvalue weighted by molar-refractivity contribution is 7.93. The summed E-state index contributed by atoms with van der Waals surface area (Å²) in [4.78, 5) is 295. The standard InChI is InChI=1S/C33H24N2O7.C17H12ClNO4.C10H8ClNO4.C9H6ClNO6S.C9H8N2O11.C5H4ClNO6/c36-27-21-32(23-13-5-1-6-14-23,24-15-7-2-8-16-24)29(38)34(27)41-31(40)42-35-28(37)22-33(30(35)39,25-17-9-3-10-18-25)26-19-11-4-12-20-26;18-16(22)23-19-14(20)11-17(15(19)21,12-7-3-1-4-8-12)13-9-5-2-6-10-13;11-10(15)16-12-8(13)6-4-1-2-5(3-4)7(6)9(12)14;10-9(14)17-11-7(12)5-3-1-2-4(18(3,15)16)6(5)8(11)13;12-1-2(13)6(17)10(5(1)16)21-9(20)22-11-7(18)3(14)4(15)8(11)19;6-5(12)13-7-3(10)1(8)2(9)4(7)11/h1-20H,21-22H2;1-10H,11H2;1-2,4-7H,3H2;1-6H;1-4,12-15H;1-2,8-9H. The molecule has 696 valence electrons. The second kappa shape index (κ2) is 38.6. The molecule has 46 nitrogen and oxygen atoms in total. The largest absolute Gasteiger partial charge is 0.560 e. The number of hydrogen-bond donors (Lipinski definition) is 6. The van der Waals surface area contributed by atoms with E-state index in [4.69, 9.17) is 86.7 Å². The topological polar surface area (TPSA) is 631 Å². The Morgan fingerprint density at radius 1 is 0.269 bits per heavy atom. The molecule has 1 saturated carbocycles. The number of benzene rings is 6. The number of sulfone groups is 1. The molecule has 12 aliphatic rings. The van der Waals surface area contributed by atoms with Gasteiger partial charge < -0.3 is 50.0 Å². The van der Waals surface area contributed by atoms with Gasteiger partial charge in [0.1, 0.15) is 16.2 Å². The van der Waals surface area contributed by atoms with Crippen molar-refractivity contribution in [2.24, 2.45) is 35.5 Å². The molecule has 10 aliphatic heterocycles. The van der Waals surface area contributed by atoms with Gasteiger partial charge in [-0.3, -0.25) is 96.1 Å². The van der Waals surface area contributed by atoms with Crippen molar-refractivity contribution < 1.29 is 183 Å². The van der Waals surface area contributed by atoms with Gasteiger partial charge in [0.25, 0.3) is 94.5 Å². The van der Waals surface area contributed by atoms with Gasteiger partial charge in [0, 0.05) is 46.4 Å². The second-order valence-corrected chi connectivity index (χ2v) is 33.6. The van der Waals surface area contributed by atoms with Gasteiger partial charge in [0.15, 0.2) is 46.5 Å². The number of allylic oxidation sites excluding steroid dienone is 2. The summed E-state index contributed by atoms with van der Waals surface area (Å²) < 4.78 is 23.7. The number of imide groups is 8. The van der Waals surface area contributed by atoms with Gasteiger partial charge >= 0.3 is 34.0 Å². The van der Waals surface area contributed by atoms with Crippen LogP contribution in [0.5, 0.6) is 0 Å². The number of rotatable bonds is 14. The zero-order valence-electron chi connectivity index (χ0n) is 67.3. The first-order valence-electron chi connectivity index (χ1n) is 38.8. The number of nitrogens with zero attached hydrogens (tertiary/aromatic N) is 8. The average molecular weight is 1950 g/mol. The van der Waals surface area contributed by atoms with Crippen LogP contribution in [0.3, 0.4) is 0 Å². The molecule has 14 unspecified atom stereocenters. The van der Waals surface area contributed by atoms with E-state index < -0.39 is 214 Å². The van der Waals surface area contributed by atoms with Gasteiger partial charge in [-0.25, -0.2) is 27.6 Å². The van der Waals surface area contributed by atoms with Crippen LogP contribution < -0.4 is 0 Å². The van der Waals surface area contributed by atoms with Crippen molar-refractivity contribution in [1.82, 2.24) is 40.5 Å². The summed E-state index contributed by atoms with van der Waals surface area (Å²) in [6, 6.07) is 52.6. The molecule has 18 rings (SSSR count). The number of aliphatic hydroxyl groups excluding tert-OH is 6. The van der Waals surface area contributed by atoms with E-state index in [1.54, 1.807) is 170 Å². The lowest BCUT2D eigenvalue weighted by Crippen LogP contribution is -2.43. The molecule has 10 heterocycles. The third-order valence-electron chi connectivity index (χ3n) is 22.9. The van der Waals surface area contributed by atoms with E-state index in [2.05, 4.69) is 29.0 Å². The molecule has 4 bridgehead atoms. The van der Waals surface area contributed by atoms with Crippen LogP contribution in [0.1, 0.15) is 59.1 Å². The monoisotopic (exact) mass is 1950 g/mol. The summed E-state index contributed by atoms with van der Waals surface area (Å²) in [7, 11) is -3.52. The fraction of sp³-hybridized carbons (Fsp3) is 0.253. The molecule has 6 aromatic rings. The fourth-order valence-corrected chi connectivity index (χ4v) is 19.5. The minimum absolute atomic E-state index is 0.0787. The van der Waals surface area contributed by atoms with Gasteiger partial charge in [0.2, 0.25) is 0 Å². The Morgan fingerprint density at radius 3 is 0.679 bits per heavy atom. The maximum absolute atomic E-state index is 13.8. The molecule has 9 saturated heterocycles. The van der Waals surface area contributed by atoms with Crippen LogP contribution in [0.4, 0.5) is 28.8 Å². The minimum Gasteiger partial charge on any atom is -0.380 e. The summed E-state index contributed by atoms with van der Waals surface area (Å²) in [5, 5.41) is 53.1. The molecule has 0 spiro atoms. The van der Waals surface area contributed by atoms with Crippen LogP contribution in [-0.2, 0) is 141 Å². The molecule has 51 heteroatoms. The van der Waals surface area contributed by atoms with Crippen molar-refractivity contribution in [1.29, 1.82) is 0 Å². The summed E-state index contributed by atoms with van der Waals surface area (Å²) in [5.41, 5.74) is -5.81. The number of aliphatic hydroxyl groups is 6. The fourth-order valence-electron chi connectivity index (χ4n) is 16.9. The lowest BCUT2D eigenvalue weighted by molar-refractivity contribution is -0.202. The Labute approximate surface area is 768 Å². The van der Waals surface area contributed by atoms with Gasteiger partial charge in [-0.15, -0.1) is 15.2 Å². The highest BCUT2D eigenvalue weighted by Crippen LogP contribution is 2.54. The number of halogens is 4. The van der Waals surface area contributed by atoms with Crippen LogP contribution in [-0.4, -0.2) is 255 Å². The second-order valence-electron chi connectivity index (χ2n) is 30.1. The van der Waals surface area contributed by atoms with Crippen LogP contribution in [0.2, 0.25) is 0 Å². The highest BCUT2D eigenvalue weighted by Gasteiger charge is 2.69. The maximum Gasteiger partial charge on any atom is 0.560 e. The predicted octanol–water partition coefficient (Wildman–Crippen LogP) is 1.70. The molecular formula is C83H62Cl4N8O38S. The number of hydroxylamine groups is 16. The first-order valence-corrected chi connectivity index (χ1v) is 41.9. The summed E-state index contributed by atoms with van der Waals surface area (Å²) in [6.45, 7) is 0. The van der Waals surface area contributed by atoms with Crippen molar-refractivity contribution in [3.8, 4) is 0 Å². The van der Waals surface area contributed by atoms with E-state index in [1.165, 1.54) is 12.2 Å². The van der Waals surface area contributed by atoms with E-state index in [9.17, 15) is 114 Å². The van der Waals surface area contributed by atoms with E-state index in [0.29, 0.717) is 53.6 Å². The number of hydrogen-bond acceptors (Lipinski definition) is 38. The van der Waals surface area contributed by atoms with Crippen molar-refractivity contribution >= 4 is 185 Å². The Hall–Kier alpha value is -14.8. The third kappa shape index (κ3) is 17.6. The van der Waals surface area contributed by atoms with Crippen LogP contribution in [0.25, 0.3) is 0 Å². The van der Waals surface area contributed by atoms with E-state index in [-0.39, 0.29) is 63.2 Å². The van der Waals surface area contributed by atoms with Crippen LogP contribution >= 0.6 is 46.4 Å². The molecule has 2 aliphatic carbocycles.